The van der Waals surface area contributed by atoms with Crippen LogP contribution in [-0.2, 0) is 0 Å². The zero-order chi connectivity index (χ0) is 13.8. The molecule has 1 amide bonds. The maximum Gasteiger partial charge on any atom is 0.255 e. The molecule has 0 atom stereocenters. The van der Waals surface area contributed by atoms with Gasteiger partial charge in [-0.05, 0) is 58.4 Å². The first-order chi connectivity index (χ1) is 9.10. The van der Waals surface area contributed by atoms with Gasteiger partial charge in [0.25, 0.3) is 5.91 Å². The van der Waals surface area contributed by atoms with E-state index in [9.17, 15) is 9.90 Å². The van der Waals surface area contributed by atoms with E-state index < -0.39 is 0 Å². The van der Waals surface area contributed by atoms with Gasteiger partial charge >= 0.3 is 0 Å². The van der Waals surface area contributed by atoms with Crippen molar-refractivity contribution in [1.82, 2.24) is 0 Å². The number of benzene rings is 2. The van der Waals surface area contributed by atoms with Crippen LogP contribution >= 0.6 is 15.9 Å². The lowest BCUT2D eigenvalue weighted by Crippen LogP contribution is -2.11. The number of hydrogen-bond donors (Lipinski definition) is 2. The van der Waals surface area contributed by atoms with Crippen molar-refractivity contribution in [2.45, 2.75) is 0 Å². The molecule has 0 aliphatic heterocycles. The van der Waals surface area contributed by atoms with Crippen molar-refractivity contribution in [2.75, 3.05) is 12.4 Å². The molecule has 0 aromatic heterocycles. The lowest BCUT2D eigenvalue weighted by Gasteiger charge is -2.08. The van der Waals surface area contributed by atoms with Crippen LogP contribution in [-0.4, -0.2) is 18.1 Å². The molecule has 5 heteroatoms. The molecule has 0 fully saturated rings. The van der Waals surface area contributed by atoms with Crippen LogP contribution in [0.4, 0.5) is 5.69 Å². The number of amides is 1. The number of ether oxygens (including phenoxy) is 1. The topological polar surface area (TPSA) is 58.6 Å². The van der Waals surface area contributed by atoms with Crippen LogP contribution in [0, 0.1) is 0 Å². The number of phenolic OH excluding ortho intramolecular Hbond substituents is 1. The Morgan fingerprint density at radius 2 is 1.89 bits per heavy atom. The first-order valence-electron chi connectivity index (χ1n) is 5.54. The molecular weight excluding hydrogens is 310 g/mol. The quantitative estimate of drug-likeness (QED) is 0.910. The molecule has 0 saturated heterocycles. The van der Waals surface area contributed by atoms with E-state index in [1.807, 2.05) is 0 Å². The smallest absolute Gasteiger partial charge is 0.255 e. The third-order valence-corrected chi connectivity index (χ3v) is 3.16. The maximum absolute atomic E-state index is 12.0. The second-order valence-corrected chi connectivity index (χ2v) is 4.70. The van der Waals surface area contributed by atoms with Gasteiger partial charge in [-0.25, -0.2) is 0 Å². The van der Waals surface area contributed by atoms with Crippen LogP contribution in [0.2, 0.25) is 0 Å². The summed E-state index contributed by atoms with van der Waals surface area (Å²) >= 11 is 3.35. The highest BCUT2D eigenvalue weighted by Gasteiger charge is 2.07. The molecule has 4 nitrogen and oxygen atoms in total. The van der Waals surface area contributed by atoms with Crippen molar-refractivity contribution in [2.24, 2.45) is 0 Å². The number of phenols is 1. The SMILES string of the molecule is COc1ccc(NC(=O)c2ccc(O)cc2)cc1Br. The Balaban J connectivity index is 2.14. The fraction of sp³-hybridized carbons (Fsp3) is 0.0714. The summed E-state index contributed by atoms with van der Waals surface area (Å²) in [5, 5.41) is 11.9. The molecule has 0 aliphatic carbocycles. The van der Waals surface area contributed by atoms with E-state index in [1.165, 1.54) is 12.1 Å². The second-order valence-electron chi connectivity index (χ2n) is 3.85. The molecule has 2 rings (SSSR count). The van der Waals surface area contributed by atoms with Gasteiger partial charge in [-0.1, -0.05) is 0 Å². The molecule has 0 bridgehead atoms. The molecule has 2 aromatic carbocycles. The van der Waals surface area contributed by atoms with Gasteiger partial charge in [-0.2, -0.15) is 0 Å². The Labute approximate surface area is 119 Å². The molecule has 2 N–H and O–H groups in total. The summed E-state index contributed by atoms with van der Waals surface area (Å²) in [6.45, 7) is 0. The second kappa shape index (κ2) is 5.75. The monoisotopic (exact) mass is 321 g/mol. The number of rotatable bonds is 3. The number of hydrogen-bond acceptors (Lipinski definition) is 3. The third kappa shape index (κ3) is 3.26. The van der Waals surface area contributed by atoms with Crippen molar-refractivity contribution in [3.05, 3.63) is 52.5 Å². The Morgan fingerprint density at radius 3 is 2.47 bits per heavy atom. The van der Waals surface area contributed by atoms with E-state index in [0.717, 1.165) is 4.47 Å². The molecule has 0 spiro atoms. The van der Waals surface area contributed by atoms with Gasteiger partial charge in [0.1, 0.15) is 11.5 Å². The first-order valence-corrected chi connectivity index (χ1v) is 6.33. The lowest BCUT2D eigenvalue weighted by atomic mass is 10.2. The maximum atomic E-state index is 12.0. The number of carbonyl (C=O) groups is 1. The number of carbonyl (C=O) groups excluding carboxylic acids is 1. The number of anilines is 1. The molecule has 0 heterocycles. The van der Waals surface area contributed by atoms with Crippen molar-refractivity contribution < 1.29 is 14.6 Å². The summed E-state index contributed by atoms with van der Waals surface area (Å²) in [5.74, 6) is 0.587. The molecule has 0 radical (unpaired) electrons. The minimum atomic E-state index is -0.239. The normalized spacial score (nSPS) is 10.0. The van der Waals surface area contributed by atoms with Crippen molar-refractivity contribution in [1.29, 1.82) is 0 Å². The highest BCUT2D eigenvalue weighted by Crippen LogP contribution is 2.27. The van der Waals surface area contributed by atoms with Gasteiger partial charge in [0.2, 0.25) is 0 Å². The van der Waals surface area contributed by atoms with E-state index in [-0.39, 0.29) is 11.7 Å². The van der Waals surface area contributed by atoms with Crippen molar-refractivity contribution in [3.8, 4) is 11.5 Å². The third-order valence-electron chi connectivity index (χ3n) is 2.54. The molecule has 0 aliphatic rings. The number of methoxy groups -OCH3 is 1. The van der Waals surface area contributed by atoms with Crippen LogP contribution in [0.1, 0.15) is 10.4 Å². The van der Waals surface area contributed by atoms with Crippen molar-refractivity contribution >= 4 is 27.5 Å². The summed E-state index contributed by atoms with van der Waals surface area (Å²) in [4.78, 5) is 12.0. The molecular formula is C14H12BrNO3. The van der Waals surface area contributed by atoms with Crippen LogP contribution in [0.25, 0.3) is 0 Å². The van der Waals surface area contributed by atoms with E-state index in [2.05, 4.69) is 21.2 Å². The summed E-state index contributed by atoms with van der Waals surface area (Å²) in [6.07, 6.45) is 0. The molecule has 0 saturated carbocycles. The van der Waals surface area contributed by atoms with Gasteiger partial charge < -0.3 is 15.2 Å². The largest absolute Gasteiger partial charge is 0.508 e. The zero-order valence-electron chi connectivity index (χ0n) is 10.2. The fourth-order valence-corrected chi connectivity index (χ4v) is 2.10. The number of aromatic hydroxyl groups is 1. The van der Waals surface area contributed by atoms with Gasteiger partial charge in [0.15, 0.2) is 0 Å². The first kappa shape index (κ1) is 13.4. The van der Waals surface area contributed by atoms with Gasteiger partial charge in [-0.15, -0.1) is 0 Å². The van der Waals surface area contributed by atoms with Crippen LogP contribution < -0.4 is 10.1 Å². The molecule has 98 valence electrons. The lowest BCUT2D eigenvalue weighted by molar-refractivity contribution is 0.102. The minimum Gasteiger partial charge on any atom is -0.508 e. The average molecular weight is 322 g/mol. The molecule has 19 heavy (non-hydrogen) atoms. The Bertz CT molecular complexity index is 596. The number of halogens is 1. The van der Waals surface area contributed by atoms with Crippen molar-refractivity contribution in [3.63, 3.8) is 0 Å². The standard InChI is InChI=1S/C14H12BrNO3/c1-19-13-7-4-10(8-12(13)15)16-14(18)9-2-5-11(17)6-3-9/h2-8,17H,1H3,(H,16,18). The predicted molar refractivity (Wildman–Crippen MR) is 76.8 cm³/mol. The average Bonchev–Trinajstić information content (AvgIpc) is 2.39. The molecule has 0 unspecified atom stereocenters. The highest BCUT2D eigenvalue weighted by atomic mass is 79.9. The molecule has 2 aromatic rings. The van der Waals surface area contributed by atoms with Crippen LogP contribution in [0.5, 0.6) is 11.5 Å². The Kier molecular flexibility index (Phi) is 4.06. The summed E-state index contributed by atoms with van der Waals surface area (Å²) < 4.78 is 5.88. The van der Waals surface area contributed by atoms with Gasteiger partial charge in [-0.3, -0.25) is 4.79 Å². The summed E-state index contributed by atoms with van der Waals surface area (Å²) in [5.41, 5.74) is 1.13. The highest BCUT2D eigenvalue weighted by molar-refractivity contribution is 9.10. The van der Waals surface area contributed by atoms with Crippen LogP contribution in [0.15, 0.2) is 46.9 Å². The van der Waals surface area contributed by atoms with Gasteiger partial charge in [0, 0.05) is 11.3 Å². The zero-order valence-corrected chi connectivity index (χ0v) is 11.8. The van der Waals surface area contributed by atoms with Gasteiger partial charge in [0.05, 0.1) is 11.6 Å². The minimum absolute atomic E-state index is 0.128. The Hall–Kier alpha value is -2.01. The Morgan fingerprint density at radius 1 is 1.21 bits per heavy atom. The van der Waals surface area contributed by atoms with E-state index in [0.29, 0.717) is 17.0 Å². The van der Waals surface area contributed by atoms with E-state index >= 15 is 0 Å². The van der Waals surface area contributed by atoms with E-state index in [4.69, 9.17) is 4.74 Å². The number of nitrogens with one attached hydrogen (secondary N) is 1. The summed E-state index contributed by atoms with van der Waals surface area (Å²) in [6, 6.07) is 11.3. The summed E-state index contributed by atoms with van der Waals surface area (Å²) in [7, 11) is 1.58. The van der Waals surface area contributed by atoms with E-state index in [1.54, 1.807) is 37.4 Å². The predicted octanol–water partition coefficient (Wildman–Crippen LogP) is 3.42. The van der Waals surface area contributed by atoms with Crippen LogP contribution in [0.3, 0.4) is 0 Å². The fourth-order valence-electron chi connectivity index (χ4n) is 1.56.